The molecule has 0 amide bonds. The highest BCUT2D eigenvalue weighted by atomic mass is 15.3. The molecule has 3 unspecified atom stereocenters. The Labute approximate surface area is 127 Å². The Morgan fingerprint density at radius 2 is 2.14 bits per heavy atom. The summed E-state index contributed by atoms with van der Waals surface area (Å²) < 4.78 is 0. The fraction of sp³-hybridized carbons (Fsp3) is 0.611. The summed E-state index contributed by atoms with van der Waals surface area (Å²) >= 11 is 0. The van der Waals surface area contributed by atoms with Crippen molar-refractivity contribution in [3.63, 3.8) is 0 Å². The second-order valence-electron chi connectivity index (χ2n) is 7.08. The Hall–Kier alpha value is -1.35. The lowest BCUT2D eigenvalue weighted by molar-refractivity contribution is 0.362. The molecule has 1 saturated carbocycles. The van der Waals surface area contributed by atoms with Crippen molar-refractivity contribution >= 4 is 11.4 Å². The number of nitrogens with one attached hydrogen (secondary N) is 1. The summed E-state index contributed by atoms with van der Waals surface area (Å²) in [5.41, 5.74) is 4.22. The third-order valence-electron chi connectivity index (χ3n) is 5.02. The molecule has 3 aliphatic rings. The lowest BCUT2D eigenvalue weighted by Crippen LogP contribution is -2.56. The first-order chi connectivity index (χ1) is 10.2. The maximum absolute atomic E-state index is 5.18. The Bertz CT molecular complexity index is 563. The number of anilines is 1. The van der Waals surface area contributed by atoms with E-state index in [0.717, 1.165) is 6.54 Å². The number of aliphatic imine (C=N–C) groups is 1. The van der Waals surface area contributed by atoms with Crippen molar-refractivity contribution in [1.82, 2.24) is 5.32 Å². The standard InChI is InChI=1S/C18H25N3/c1-12(2)11-21-16-10-6-3-7-13(16)17-18(21)20-15-9-5-4-8-14(15)19-17/h3,6-7,10,12,15,17-18,20H,4-5,8-9,11H2,1-2H3. The third kappa shape index (κ3) is 2.18. The van der Waals surface area contributed by atoms with Gasteiger partial charge in [-0.1, -0.05) is 38.5 Å². The number of hydrogen-bond acceptors (Lipinski definition) is 3. The van der Waals surface area contributed by atoms with Gasteiger partial charge in [0.05, 0.1) is 0 Å². The monoisotopic (exact) mass is 283 g/mol. The molecule has 0 aromatic heterocycles. The molecule has 0 spiro atoms. The molecule has 2 aliphatic heterocycles. The quantitative estimate of drug-likeness (QED) is 0.899. The summed E-state index contributed by atoms with van der Waals surface area (Å²) in [6, 6.07) is 9.66. The highest BCUT2D eigenvalue weighted by Crippen LogP contribution is 2.43. The summed E-state index contributed by atoms with van der Waals surface area (Å²) in [6.07, 6.45) is 5.45. The maximum Gasteiger partial charge on any atom is 0.111 e. The topological polar surface area (TPSA) is 27.6 Å². The van der Waals surface area contributed by atoms with E-state index < -0.39 is 0 Å². The van der Waals surface area contributed by atoms with Crippen molar-refractivity contribution in [2.75, 3.05) is 11.4 Å². The molecule has 1 N–H and O–H groups in total. The Morgan fingerprint density at radius 1 is 1.29 bits per heavy atom. The van der Waals surface area contributed by atoms with Gasteiger partial charge in [-0.25, -0.2) is 0 Å². The van der Waals surface area contributed by atoms with Crippen LogP contribution in [0.4, 0.5) is 5.69 Å². The van der Waals surface area contributed by atoms with Crippen LogP contribution >= 0.6 is 0 Å². The SMILES string of the molecule is CC(C)CN1c2ccccc2C2N=C3CCCCC3NC21. The molecule has 1 aromatic carbocycles. The molecule has 112 valence electrons. The molecule has 0 bridgehead atoms. The van der Waals surface area contributed by atoms with E-state index in [1.807, 2.05) is 0 Å². The van der Waals surface area contributed by atoms with Crippen LogP contribution in [0.5, 0.6) is 0 Å². The number of para-hydroxylation sites is 1. The minimum Gasteiger partial charge on any atom is -0.353 e. The van der Waals surface area contributed by atoms with E-state index in [0.29, 0.717) is 24.2 Å². The van der Waals surface area contributed by atoms with Crippen LogP contribution in [0.3, 0.4) is 0 Å². The summed E-state index contributed by atoms with van der Waals surface area (Å²) in [6.45, 7) is 5.70. The summed E-state index contributed by atoms with van der Waals surface area (Å²) in [4.78, 5) is 7.73. The first kappa shape index (κ1) is 13.3. The highest BCUT2D eigenvalue weighted by Gasteiger charge is 2.43. The molecule has 4 rings (SSSR count). The molecule has 0 saturated heterocycles. The van der Waals surface area contributed by atoms with Crippen molar-refractivity contribution in [2.45, 2.75) is 57.8 Å². The van der Waals surface area contributed by atoms with Crippen molar-refractivity contribution < 1.29 is 0 Å². The first-order valence-corrected chi connectivity index (χ1v) is 8.42. The van der Waals surface area contributed by atoms with Gasteiger partial charge < -0.3 is 4.90 Å². The fourth-order valence-corrected chi connectivity index (χ4v) is 4.13. The lowest BCUT2D eigenvalue weighted by atomic mass is 9.90. The van der Waals surface area contributed by atoms with E-state index in [4.69, 9.17) is 4.99 Å². The molecule has 3 atom stereocenters. The van der Waals surface area contributed by atoms with Crippen molar-refractivity contribution in [3.8, 4) is 0 Å². The van der Waals surface area contributed by atoms with E-state index in [2.05, 4.69) is 48.3 Å². The molecule has 1 aliphatic carbocycles. The van der Waals surface area contributed by atoms with Crippen LogP contribution in [-0.2, 0) is 0 Å². The smallest absolute Gasteiger partial charge is 0.111 e. The van der Waals surface area contributed by atoms with Crippen molar-refractivity contribution in [2.24, 2.45) is 10.9 Å². The number of benzene rings is 1. The van der Waals surface area contributed by atoms with Gasteiger partial charge >= 0.3 is 0 Å². The van der Waals surface area contributed by atoms with Gasteiger partial charge in [0.25, 0.3) is 0 Å². The van der Waals surface area contributed by atoms with Crippen LogP contribution in [0.15, 0.2) is 29.3 Å². The van der Waals surface area contributed by atoms with Gasteiger partial charge in [-0.2, -0.15) is 0 Å². The van der Waals surface area contributed by atoms with Gasteiger partial charge in [0.1, 0.15) is 12.2 Å². The fourth-order valence-electron chi connectivity index (χ4n) is 4.13. The summed E-state index contributed by atoms with van der Waals surface area (Å²) in [5, 5.41) is 3.91. The molecule has 3 heteroatoms. The second-order valence-corrected chi connectivity index (χ2v) is 7.08. The van der Waals surface area contributed by atoms with Crippen LogP contribution < -0.4 is 10.2 Å². The van der Waals surface area contributed by atoms with Gasteiger partial charge in [0.2, 0.25) is 0 Å². The minimum atomic E-state index is 0.296. The average molecular weight is 283 g/mol. The van der Waals surface area contributed by atoms with Gasteiger partial charge in [0, 0.05) is 29.5 Å². The Morgan fingerprint density at radius 3 is 3.00 bits per heavy atom. The van der Waals surface area contributed by atoms with Crippen LogP contribution in [0.1, 0.15) is 51.1 Å². The van der Waals surface area contributed by atoms with Crippen LogP contribution in [-0.4, -0.2) is 24.5 Å². The molecule has 1 fully saturated rings. The van der Waals surface area contributed by atoms with Crippen LogP contribution in [0, 0.1) is 5.92 Å². The molecular formula is C18H25N3. The first-order valence-electron chi connectivity index (χ1n) is 8.42. The zero-order valence-corrected chi connectivity index (χ0v) is 13.0. The molecule has 3 nitrogen and oxygen atoms in total. The molecule has 21 heavy (non-hydrogen) atoms. The molecule has 0 radical (unpaired) electrons. The second kappa shape index (κ2) is 5.13. The summed E-state index contributed by atoms with van der Waals surface area (Å²) in [7, 11) is 0. The van der Waals surface area contributed by atoms with E-state index >= 15 is 0 Å². The predicted molar refractivity (Wildman–Crippen MR) is 88.0 cm³/mol. The minimum absolute atomic E-state index is 0.296. The van der Waals surface area contributed by atoms with Crippen LogP contribution in [0.25, 0.3) is 0 Å². The zero-order valence-electron chi connectivity index (χ0n) is 13.0. The van der Waals surface area contributed by atoms with Crippen LogP contribution in [0.2, 0.25) is 0 Å². The highest BCUT2D eigenvalue weighted by molar-refractivity contribution is 5.91. The average Bonchev–Trinajstić information content (AvgIpc) is 2.79. The zero-order chi connectivity index (χ0) is 14.4. The number of rotatable bonds is 2. The number of hydrogen-bond donors (Lipinski definition) is 1. The van der Waals surface area contributed by atoms with Gasteiger partial charge in [-0.15, -0.1) is 0 Å². The maximum atomic E-state index is 5.18. The largest absolute Gasteiger partial charge is 0.353 e. The van der Waals surface area contributed by atoms with E-state index in [1.165, 1.54) is 42.6 Å². The number of nitrogens with zero attached hydrogens (tertiary/aromatic N) is 2. The molecular weight excluding hydrogens is 258 g/mol. The third-order valence-corrected chi connectivity index (χ3v) is 5.02. The summed E-state index contributed by atoms with van der Waals surface area (Å²) in [5.74, 6) is 0.662. The lowest BCUT2D eigenvalue weighted by Gasteiger charge is -2.40. The van der Waals surface area contributed by atoms with Crippen molar-refractivity contribution in [1.29, 1.82) is 0 Å². The van der Waals surface area contributed by atoms with E-state index in [-0.39, 0.29) is 0 Å². The predicted octanol–water partition coefficient (Wildman–Crippen LogP) is 3.52. The normalized spacial score (nSPS) is 30.7. The Balaban J connectivity index is 1.74. The van der Waals surface area contributed by atoms with Gasteiger partial charge in [-0.05, 0) is 31.2 Å². The van der Waals surface area contributed by atoms with E-state index in [1.54, 1.807) is 0 Å². The van der Waals surface area contributed by atoms with Crippen molar-refractivity contribution in [3.05, 3.63) is 29.8 Å². The van der Waals surface area contributed by atoms with E-state index in [9.17, 15) is 0 Å². The van der Waals surface area contributed by atoms with Gasteiger partial charge in [-0.3, -0.25) is 10.3 Å². The molecule has 1 aromatic rings. The Kier molecular flexibility index (Phi) is 3.26. The number of fused-ring (bicyclic) bond motifs is 4. The van der Waals surface area contributed by atoms with Gasteiger partial charge in [0.15, 0.2) is 0 Å². The molecule has 2 heterocycles.